The predicted octanol–water partition coefficient (Wildman–Crippen LogP) is 1.35. The molecule has 2 rings (SSSR count). The van der Waals surface area contributed by atoms with E-state index in [1.807, 2.05) is 36.0 Å². The summed E-state index contributed by atoms with van der Waals surface area (Å²) >= 11 is 0. The van der Waals surface area contributed by atoms with E-state index in [0.717, 1.165) is 12.1 Å². The largest absolute Gasteiger partial charge is 0.383 e. The third kappa shape index (κ3) is 4.89. The lowest BCUT2D eigenvalue weighted by Crippen LogP contribution is -2.40. The number of rotatable bonds is 7. The molecule has 1 atom stereocenters. The van der Waals surface area contributed by atoms with Crippen molar-refractivity contribution in [1.82, 2.24) is 15.1 Å². The van der Waals surface area contributed by atoms with Crippen LogP contribution in [0.15, 0.2) is 47.7 Å². The van der Waals surface area contributed by atoms with Gasteiger partial charge >= 0.3 is 0 Å². The van der Waals surface area contributed by atoms with Crippen LogP contribution in [-0.2, 0) is 11.2 Å². The average molecular weight is 301 g/mol. The second-order valence-corrected chi connectivity index (χ2v) is 5.13. The van der Waals surface area contributed by atoms with Crippen molar-refractivity contribution >= 4 is 5.96 Å². The molecule has 0 aliphatic rings. The second-order valence-electron chi connectivity index (χ2n) is 5.13. The van der Waals surface area contributed by atoms with Crippen LogP contribution in [0.1, 0.15) is 12.5 Å². The maximum Gasteiger partial charge on any atom is 0.188 e. The van der Waals surface area contributed by atoms with Gasteiger partial charge in [0.05, 0.1) is 12.3 Å². The lowest BCUT2D eigenvalue weighted by molar-refractivity contribution is 0.179. The van der Waals surface area contributed by atoms with E-state index >= 15 is 0 Å². The Balaban J connectivity index is 1.82. The first kappa shape index (κ1) is 16.0. The number of nitrogens with two attached hydrogens (primary N) is 1. The summed E-state index contributed by atoms with van der Waals surface area (Å²) < 4.78 is 6.87. The first-order valence-electron chi connectivity index (χ1n) is 7.33. The molecule has 0 saturated heterocycles. The summed E-state index contributed by atoms with van der Waals surface area (Å²) in [7, 11) is 1.67. The Labute approximate surface area is 131 Å². The van der Waals surface area contributed by atoms with Gasteiger partial charge in [-0.05, 0) is 37.1 Å². The fraction of sp³-hybridized carbons (Fsp3) is 0.375. The summed E-state index contributed by atoms with van der Waals surface area (Å²) in [5.41, 5.74) is 8.10. The molecule has 0 fully saturated rings. The molecule has 3 N–H and O–H groups in total. The molecule has 0 spiro atoms. The molecule has 0 amide bonds. The first-order chi connectivity index (χ1) is 10.7. The summed E-state index contributed by atoms with van der Waals surface area (Å²) in [6.45, 7) is 3.25. The molecule has 118 valence electrons. The van der Waals surface area contributed by atoms with E-state index in [1.165, 1.54) is 5.56 Å². The van der Waals surface area contributed by atoms with Gasteiger partial charge in [-0.25, -0.2) is 4.68 Å². The first-order valence-corrected chi connectivity index (χ1v) is 7.33. The Kier molecular flexibility index (Phi) is 5.97. The number of nitrogens with one attached hydrogen (secondary N) is 1. The van der Waals surface area contributed by atoms with Gasteiger partial charge in [-0.15, -0.1) is 0 Å². The van der Waals surface area contributed by atoms with Crippen LogP contribution in [0.25, 0.3) is 5.69 Å². The molecule has 6 heteroatoms. The second kappa shape index (κ2) is 8.19. The maximum absolute atomic E-state index is 5.83. The summed E-state index contributed by atoms with van der Waals surface area (Å²) in [6, 6.07) is 10.3. The molecule has 0 bridgehead atoms. The van der Waals surface area contributed by atoms with Crippen LogP contribution in [-0.4, -0.2) is 42.0 Å². The van der Waals surface area contributed by atoms with Crippen LogP contribution in [0, 0.1) is 0 Å². The molecule has 0 aliphatic carbocycles. The van der Waals surface area contributed by atoms with Crippen molar-refractivity contribution in [3.8, 4) is 5.69 Å². The van der Waals surface area contributed by atoms with E-state index < -0.39 is 0 Å². The highest BCUT2D eigenvalue weighted by atomic mass is 16.5. The fourth-order valence-corrected chi connectivity index (χ4v) is 2.13. The third-order valence-electron chi connectivity index (χ3n) is 3.20. The van der Waals surface area contributed by atoms with Gasteiger partial charge in [0.2, 0.25) is 0 Å². The van der Waals surface area contributed by atoms with E-state index in [0.29, 0.717) is 19.1 Å². The summed E-state index contributed by atoms with van der Waals surface area (Å²) in [5, 5.41) is 7.29. The summed E-state index contributed by atoms with van der Waals surface area (Å²) in [5.74, 6) is 0.456. The van der Waals surface area contributed by atoms with E-state index in [2.05, 4.69) is 27.5 Å². The summed E-state index contributed by atoms with van der Waals surface area (Å²) in [4.78, 5) is 4.32. The minimum atomic E-state index is 0.155. The van der Waals surface area contributed by atoms with E-state index in [-0.39, 0.29) is 6.04 Å². The van der Waals surface area contributed by atoms with Crippen molar-refractivity contribution < 1.29 is 4.74 Å². The van der Waals surface area contributed by atoms with Crippen molar-refractivity contribution in [3.63, 3.8) is 0 Å². The van der Waals surface area contributed by atoms with Gasteiger partial charge in [-0.1, -0.05) is 12.1 Å². The van der Waals surface area contributed by atoms with Crippen LogP contribution >= 0.6 is 0 Å². The van der Waals surface area contributed by atoms with Gasteiger partial charge in [0.1, 0.15) is 0 Å². The zero-order valence-electron chi connectivity index (χ0n) is 13.1. The lowest BCUT2D eigenvalue weighted by atomic mass is 10.1. The standard InChI is InChI=1S/C16H23N5O/c1-13(12-22-2)20-16(17)18-10-8-14-4-6-15(7-5-14)21-11-3-9-19-21/h3-7,9,11,13H,8,10,12H2,1-2H3,(H3,17,18,20). The number of methoxy groups -OCH3 is 1. The number of aliphatic imine (C=N–C) groups is 1. The van der Waals surface area contributed by atoms with Crippen LogP contribution in [0.3, 0.4) is 0 Å². The van der Waals surface area contributed by atoms with Gasteiger partial charge in [0.25, 0.3) is 0 Å². The molecule has 6 nitrogen and oxygen atoms in total. The molecule has 22 heavy (non-hydrogen) atoms. The smallest absolute Gasteiger partial charge is 0.188 e. The zero-order valence-corrected chi connectivity index (χ0v) is 13.1. The molecule has 1 aromatic heterocycles. The quantitative estimate of drug-likeness (QED) is 0.598. The van der Waals surface area contributed by atoms with Crippen molar-refractivity contribution in [2.75, 3.05) is 20.3 Å². The molecule has 1 heterocycles. The topological polar surface area (TPSA) is 77.5 Å². The van der Waals surface area contributed by atoms with Gasteiger partial charge in [-0.3, -0.25) is 4.99 Å². The summed E-state index contributed by atoms with van der Waals surface area (Å²) in [6.07, 6.45) is 4.54. The Morgan fingerprint density at radius 2 is 2.18 bits per heavy atom. The third-order valence-corrected chi connectivity index (χ3v) is 3.20. The molecular weight excluding hydrogens is 278 g/mol. The number of guanidine groups is 1. The minimum Gasteiger partial charge on any atom is -0.383 e. The Morgan fingerprint density at radius 3 is 2.82 bits per heavy atom. The van der Waals surface area contributed by atoms with Crippen LogP contribution in [0.5, 0.6) is 0 Å². The van der Waals surface area contributed by atoms with E-state index in [1.54, 1.807) is 13.3 Å². The molecule has 0 aliphatic heterocycles. The number of hydrogen-bond acceptors (Lipinski definition) is 3. The monoisotopic (exact) mass is 301 g/mol. The van der Waals surface area contributed by atoms with Gasteiger partial charge in [0.15, 0.2) is 5.96 Å². The highest BCUT2D eigenvalue weighted by molar-refractivity contribution is 5.78. The number of benzene rings is 1. The highest BCUT2D eigenvalue weighted by Gasteiger charge is 2.01. The predicted molar refractivity (Wildman–Crippen MR) is 88.2 cm³/mol. The van der Waals surface area contributed by atoms with Crippen molar-refractivity contribution in [1.29, 1.82) is 0 Å². The lowest BCUT2D eigenvalue weighted by Gasteiger charge is -2.13. The normalized spacial score (nSPS) is 13.1. The molecule has 1 unspecified atom stereocenters. The van der Waals surface area contributed by atoms with Gasteiger partial charge < -0.3 is 15.8 Å². The van der Waals surface area contributed by atoms with E-state index in [9.17, 15) is 0 Å². The molecule has 2 aromatic rings. The average Bonchev–Trinajstić information content (AvgIpc) is 3.02. The molecule has 1 aromatic carbocycles. The van der Waals surface area contributed by atoms with Crippen molar-refractivity contribution in [2.45, 2.75) is 19.4 Å². The number of aromatic nitrogens is 2. The Hall–Kier alpha value is -2.34. The number of hydrogen-bond donors (Lipinski definition) is 2. The van der Waals surface area contributed by atoms with Crippen molar-refractivity contribution in [2.24, 2.45) is 10.7 Å². The molecule has 0 saturated carbocycles. The Morgan fingerprint density at radius 1 is 1.41 bits per heavy atom. The van der Waals surface area contributed by atoms with Gasteiger partial charge in [-0.2, -0.15) is 5.10 Å². The Bertz CT molecular complexity index is 577. The van der Waals surface area contributed by atoms with E-state index in [4.69, 9.17) is 10.5 Å². The SMILES string of the molecule is COCC(C)NC(N)=NCCc1ccc(-n2cccn2)cc1. The molecule has 0 radical (unpaired) electrons. The number of nitrogens with zero attached hydrogens (tertiary/aromatic N) is 3. The van der Waals surface area contributed by atoms with Gasteiger partial charge in [0, 0.05) is 32.1 Å². The zero-order chi connectivity index (χ0) is 15.8. The fourth-order valence-electron chi connectivity index (χ4n) is 2.13. The van der Waals surface area contributed by atoms with Crippen LogP contribution in [0.4, 0.5) is 0 Å². The van der Waals surface area contributed by atoms with Crippen LogP contribution in [0.2, 0.25) is 0 Å². The number of ether oxygens (including phenoxy) is 1. The highest BCUT2D eigenvalue weighted by Crippen LogP contribution is 2.09. The molecular formula is C16H23N5O. The van der Waals surface area contributed by atoms with Crippen LogP contribution < -0.4 is 11.1 Å². The minimum absolute atomic E-state index is 0.155. The van der Waals surface area contributed by atoms with Crippen molar-refractivity contribution in [3.05, 3.63) is 48.3 Å². The maximum atomic E-state index is 5.83.